The van der Waals surface area contributed by atoms with Crippen LogP contribution in [0.4, 0.5) is 17.1 Å². The van der Waals surface area contributed by atoms with Crippen molar-refractivity contribution in [3.05, 3.63) is 75.9 Å². The average Bonchev–Trinajstić information content (AvgIpc) is 3.16. The number of nitriles is 1. The van der Waals surface area contributed by atoms with Crippen LogP contribution < -0.4 is 9.80 Å². The monoisotopic (exact) mass is 443 g/mol. The number of non-ortho nitro benzene ring substituents is 1. The van der Waals surface area contributed by atoms with Crippen molar-refractivity contribution >= 4 is 23.0 Å². The van der Waals surface area contributed by atoms with Crippen molar-refractivity contribution < 1.29 is 9.72 Å². The van der Waals surface area contributed by atoms with Gasteiger partial charge in [-0.3, -0.25) is 19.8 Å². The quantitative estimate of drug-likeness (QED) is 0.515. The molecule has 8 heteroatoms. The van der Waals surface area contributed by atoms with E-state index in [0.717, 1.165) is 37.4 Å². The molecule has 3 aliphatic rings. The summed E-state index contributed by atoms with van der Waals surface area (Å²) in [6.45, 7) is 3.95. The predicted molar refractivity (Wildman–Crippen MR) is 125 cm³/mol. The van der Waals surface area contributed by atoms with Gasteiger partial charge in [-0.25, -0.2) is 0 Å². The molecule has 3 heterocycles. The van der Waals surface area contributed by atoms with E-state index >= 15 is 0 Å². The van der Waals surface area contributed by atoms with Crippen LogP contribution >= 0.6 is 0 Å². The van der Waals surface area contributed by atoms with Crippen LogP contribution in [0.5, 0.6) is 0 Å². The van der Waals surface area contributed by atoms with E-state index in [0.29, 0.717) is 5.69 Å². The summed E-state index contributed by atoms with van der Waals surface area (Å²) in [7, 11) is 0. The lowest BCUT2D eigenvalue weighted by molar-refractivity contribution is -0.384. The number of nitro groups is 1. The fourth-order valence-corrected chi connectivity index (χ4v) is 5.28. The largest absolute Gasteiger partial charge is 0.361 e. The Kier molecular flexibility index (Phi) is 5.56. The molecule has 0 aromatic heterocycles. The number of amides is 1. The van der Waals surface area contributed by atoms with Gasteiger partial charge in [-0.05, 0) is 50.2 Å². The summed E-state index contributed by atoms with van der Waals surface area (Å²) in [6, 6.07) is 15.6. The van der Waals surface area contributed by atoms with Gasteiger partial charge in [0.2, 0.25) is 0 Å². The summed E-state index contributed by atoms with van der Waals surface area (Å²) in [5.74, 6) is -0.375. The Morgan fingerprint density at radius 1 is 1.03 bits per heavy atom. The molecule has 2 unspecified atom stereocenters. The molecule has 5 rings (SSSR count). The third-order valence-corrected chi connectivity index (χ3v) is 6.88. The zero-order valence-electron chi connectivity index (χ0n) is 18.3. The molecule has 0 N–H and O–H groups in total. The molecular weight excluding hydrogens is 418 g/mol. The van der Waals surface area contributed by atoms with Gasteiger partial charge in [0.05, 0.1) is 17.0 Å². The Balaban J connectivity index is 1.53. The van der Waals surface area contributed by atoms with Crippen LogP contribution in [-0.2, 0) is 4.79 Å². The minimum atomic E-state index is -0.460. The summed E-state index contributed by atoms with van der Waals surface area (Å²) in [4.78, 5) is 30.4. The highest BCUT2D eigenvalue weighted by Gasteiger charge is 2.47. The number of nitrogens with zero attached hydrogens (tertiary/aromatic N) is 5. The summed E-state index contributed by atoms with van der Waals surface area (Å²) >= 11 is 0. The molecule has 2 aromatic rings. The topological polar surface area (TPSA) is 93.7 Å². The number of nitro benzene ring substituents is 1. The van der Waals surface area contributed by atoms with Crippen LogP contribution in [0, 0.1) is 21.4 Å². The van der Waals surface area contributed by atoms with Crippen LogP contribution in [0.25, 0.3) is 0 Å². The van der Waals surface area contributed by atoms with Gasteiger partial charge in [0.25, 0.3) is 11.6 Å². The van der Waals surface area contributed by atoms with Gasteiger partial charge in [-0.2, -0.15) is 5.26 Å². The average molecular weight is 444 g/mol. The number of para-hydroxylation sites is 1. The van der Waals surface area contributed by atoms with Gasteiger partial charge in [0.15, 0.2) is 0 Å². The first-order valence-electron chi connectivity index (χ1n) is 11.4. The van der Waals surface area contributed by atoms with Crippen molar-refractivity contribution in [1.29, 1.82) is 5.26 Å². The highest BCUT2D eigenvalue weighted by molar-refractivity contribution is 6.10. The lowest BCUT2D eigenvalue weighted by atomic mass is 9.93. The van der Waals surface area contributed by atoms with E-state index in [1.54, 1.807) is 23.1 Å². The third kappa shape index (κ3) is 3.74. The number of hydrogen-bond acceptors (Lipinski definition) is 6. The highest BCUT2D eigenvalue weighted by Crippen LogP contribution is 2.47. The molecule has 0 radical (unpaired) electrons. The molecule has 1 fully saturated rings. The number of fused-ring (bicyclic) bond motifs is 3. The first-order valence-corrected chi connectivity index (χ1v) is 11.4. The van der Waals surface area contributed by atoms with Gasteiger partial charge < -0.3 is 9.80 Å². The number of carbonyl (C=O) groups excluding carboxylic acids is 1. The second-order valence-electron chi connectivity index (χ2n) is 8.73. The van der Waals surface area contributed by atoms with Gasteiger partial charge in [0, 0.05) is 42.2 Å². The first kappa shape index (κ1) is 21.2. The lowest BCUT2D eigenvalue weighted by Crippen LogP contribution is -2.49. The number of piperidine rings is 1. The normalized spacial score (nSPS) is 22.4. The maximum Gasteiger partial charge on any atom is 0.269 e. The van der Waals surface area contributed by atoms with E-state index in [4.69, 9.17) is 0 Å². The van der Waals surface area contributed by atoms with Crippen LogP contribution in [0.2, 0.25) is 0 Å². The lowest BCUT2D eigenvalue weighted by Gasteiger charge is -2.39. The molecule has 0 spiro atoms. The standard InChI is InChI=1S/C25H25N5O3/c26-17-18-16-23-24(29(25(18)31)19-8-10-20(11-9-19)30(32)33)21-6-2-3-7-22(21)28(23)15-14-27-12-4-1-5-13-27/h2-3,6-11,16,23-24H,1,4-5,12-15H2. The Morgan fingerprint density at radius 2 is 1.76 bits per heavy atom. The van der Waals surface area contributed by atoms with Crippen molar-refractivity contribution in [3.8, 4) is 6.07 Å². The van der Waals surface area contributed by atoms with Crippen LogP contribution in [-0.4, -0.2) is 48.0 Å². The number of benzene rings is 2. The molecule has 1 saturated heterocycles. The SMILES string of the molecule is N#CC1=CC2C(c3ccccc3N2CCN2CCCCC2)N(c2ccc([N+](=O)[O-])cc2)C1=O. The summed E-state index contributed by atoms with van der Waals surface area (Å²) in [5, 5.41) is 20.8. The van der Waals surface area contributed by atoms with Crippen molar-refractivity contribution in [2.45, 2.75) is 31.3 Å². The van der Waals surface area contributed by atoms with E-state index in [-0.39, 0.29) is 29.3 Å². The van der Waals surface area contributed by atoms with Gasteiger partial charge in [-0.1, -0.05) is 24.6 Å². The van der Waals surface area contributed by atoms with Gasteiger partial charge in [-0.15, -0.1) is 0 Å². The van der Waals surface area contributed by atoms with E-state index in [2.05, 4.69) is 21.9 Å². The predicted octanol–water partition coefficient (Wildman–Crippen LogP) is 3.81. The number of rotatable bonds is 5. The van der Waals surface area contributed by atoms with Crippen LogP contribution in [0.1, 0.15) is 30.9 Å². The Hall–Kier alpha value is -3.70. The third-order valence-electron chi connectivity index (χ3n) is 6.88. The summed E-state index contributed by atoms with van der Waals surface area (Å²) in [6.07, 6.45) is 5.53. The molecule has 168 valence electrons. The maximum atomic E-state index is 13.3. The zero-order chi connectivity index (χ0) is 22.9. The smallest absolute Gasteiger partial charge is 0.269 e. The molecule has 2 atom stereocenters. The van der Waals surface area contributed by atoms with E-state index in [9.17, 15) is 20.2 Å². The fourth-order valence-electron chi connectivity index (χ4n) is 5.28. The summed E-state index contributed by atoms with van der Waals surface area (Å²) in [5.41, 5.74) is 2.71. The van der Waals surface area contributed by atoms with E-state index in [1.165, 1.54) is 31.4 Å². The van der Waals surface area contributed by atoms with Gasteiger partial charge >= 0.3 is 0 Å². The van der Waals surface area contributed by atoms with Crippen molar-refractivity contribution in [3.63, 3.8) is 0 Å². The molecule has 0 aliphatic carbocycles. The Morgan fingerprint density at radius 3 is 2.45 bits per heavy atom. The molecule has 3 aliphatic heterocycles. The fraction of sp³-hybridized carbons (Fsp3) is 0.360. The van der Waals surface area contributed by atoms with Crippen molar-refractivity contribution in [2.75, 3.05) is 36.0 Å². The first-order chi connectivity index (χ1) is 16.1. The molecule has 8 nitrogen and oxygen atoms in total. The number of carbonyl (C=O) groups is 1. The molecule has 2 aromatic carbocycles. The molecule has 33 heavy (non-hydrogen) atoms. The summed E-state index contributed by atoms with van der Waals surface area (Å²) < 4.78 is 0. The maximum absolute atomic E-state index is 13.3. The number of hydrogen-bond donors (Lipinski definition) is 0. The van der Waals surface area contributed by atoms with Crippen LogP contribution in [0.3, 0.4) is 0 Å². The van der Waals surface area contributed by atoms with Crippen molar-refractivity contribution in [2.24, 2.45) is 0 Å². The Labute approximate surface area is 192 Å². The van der Waals surface area contributed by atoms with Crippen LogP contribution in [0.15, 0.2) is 60.2 Å². The van der Waals surface area contributed by atoms with Crippen molar-refractivity contribution in [1.82, 2.24) is 4.90 Å². The molecule has 0 bridgehead atoms. The Bertz CT molecular complexity index is 1150. The minimum Gasteiger partial charge on any atom is -0.361 e. The molecule has 0 saturated carbocycles. The molecular formula is C25H25N5O3. The second kappa shape index (κ2) is 8.68. The van der Waals surface area contributed by atoms with E-state index in [1.807, 2.05) is 18.2 Å². The minimum absolute atomic E-state index is 0.0363. The zero-order valence-corrected chi connectivity index (χ0v) is 18.3. The second-order valence-corrected chi connectivity index (χ2v) is 8.73. The van der Waals surface area contributed by atoms with E-state index < -0.39 is 4.92 Å². The molecule has 1 amide bonds. The van der Waals surface area contributed by atoms with Gasteiger partial charge in [0.1, 0.15) is 11.6 Å². The number of anilines is 2. The number of likely N-dealkylation sites (tertiary alicyclic amines) is 1. The highest BCUT2D eigenvalue weighted by atomic mass is 16.6.